The van der Waals surface area contributed by atoms with Gasteiger partial charge in [0.05, 0.1) is 20.3 Å². The smallest absolute Gasteiger partial charge is 0.315 e. The normalized spacial score (nSPS) is 19.2. The maximum atomic E-state index is 12.4. The second-order valence-electron chi connectivity index (χ2n) is 7.20. The van der Waals surface area contributed by atoms with Gasteiger partial charge in [0.25, 0.3) is 0 Å². The van der Waals surface area contributed by atoms with E-state index >= 15 is 0 Å². The van der Waals surface area contributed by atoms with E-state index in [1.54, 1.807) is 31.3 Å². The Kier molecular flexibility index (Phi) is 6.79. The number of amides is 3. The van der Waals surface area contributed by atoms with Crippen molar-refractivity contribution in [2.45, 2.75) is 44.6 Å². The lowest BCUT2D eigenvalue weighted by molar-refractivity contribution is -0.117. The zero-order valence-electron chi connectivity index (χ0n) is 16.6. The molecule has 0 unspecified atom stereocenters. The first kappa shape index (κ1) is 20.0. The van der Waals surface area contributed by atoms with Crippen molar-refractivity contribution in [1.82, 2.24) is 10.6 Å². The maximum absolute atomic E-state index is 12.4. The molecule has 3 amide bonds. The van der Waals surface area contributed by atoms with Crippen LogP contribution in [0.1, 0.15) is 38.5 Å². The summed E-state index contributed by atoms with van der Waals surface area (Å²) in [6, 6.07) is 4.93. The molecule has 1 heterocycles. The van der Waals surface area contributed by atoms with Crippen molar-refractivity contribution in [1.29, 1.82) is 0 Å². The topological polar surface area (TPSA) is 79.9 Å². The van der Waals surface area contributed by atoms with Crippen LogP contribution < -0.4 is 25.0 Å². The molecule has 3 rings (SSSR count). The Bertz CT molecular complexity index is 747. The van der Waals surface area contributed by atoms with Crippen molar-refractivity contribution in [3.8, 4) is 11.5 Å². The van der Waals surface area contributed by atoms with Gasteiger partial charge in [-0.2, -0.15) is 0 Å². The second-order valence-corrected chi connectivity index (χ2v) is 7.20. The number of hydrogen-bond donors (Lipinski definition) is 2. The van der Waals surface area contributed by atoms with Crippen molar-refractivity contribution in [3.63, 3.8) is 0 Å². The minimum absolute atomic E-state index is 0.0233. The molecule has 0 bridgehead atoms. The molecular weight excluding hydrogens is 358 g/mol. The Hall–Kier alpha value is -2.70. The average molecular weight is 387 g/mol. The van der Waals surface area contributed by atoms with Gasteiger partial charge in [0.1, 0.15) is 0 Å². The number of methoxy groups -OCH3 is 2. The number of nitrogens with zero attached hydrogens (tertiary/aromatic N) is 1. The molecular formula is C21H29N3O4. The number of carbonyl (C=O) groups is 2. The van der Waals surface area contributed by atoms with Crippen LogP contribution in [0, 0.1) is 0 Å². The van der Waals surface area contributed by atoms with E-state index in [0.29, 0.717) is 24.6 Å². The van der Waals surface area contributed by atoms with Gasteiger partial charge in [0.2, 0.25) is 5.91 Å². The van der Waals surface area contributed by atoms with Gasteiger partial charge in [-0.1, -0.05) is 11.6 Å². The van der Waals surface area contributed by atoms with Crippen molar-refractivity contribution in [3.05, 3.63) is 29.8 Å². The molecule has 2 aliphatic rings. The summed E-state index contributed by atoms with van der Waals surface area (Å²) in [5.74, 6) is 1.16. The summed E-state index contributed by atoms with van der Waals surface area (Å²) in [6.45, 7) is 1.06. The molecule has 28 heavy (non-hydrogen) atoms. The highest BCUT2D eigenvalue weighted by atomic mass is 16.5. The van der Waals surface area contributed by atoms with Crippen LogP contribution in [0.5, 0.6) is 11.5 Å². The Labute approximate surface area is 166 Å². The van der Waals surface area contributed by atoms with Crippen LogP contribution in [0.2, 0.25) is 0 Å². The van der Waals surface area contributed by atoms with Crippen molar-refractivity contribution >= 4 is 17.6 Å². The van der Waals surface area contributed by atoms with Crippen LogP contribution in [0.3, 0.4) is 0 Å². The lowest BCUT2D eigenvalue weighted by Gasteiger charge is -2.19. The molecule has 0 aromatic heterocycles. The van der Waals surface area contributed by atoms with E-state index in [1.165, 1.54) is 18.4 Å². The van der Waals surface area contributed by atoms with Gasteiger partial charge in [-0.15, -0.1) is 0 Å². The summed E-state index contributed by atoms with van der Waals surface area (Å²) in [5, 5.41) is 5.81. The molecule has 2 N–H and O–H groups in total. The largest absolute Gasteiger partial charge is 0.493 e. The summed E-state index contributed by atoms with van der Waals surface area (Å²) >= 11 is 0. The van der Waals surface area contributed by atoms with Gasteiger partial charge in [-0.05, 0) is 44.2 Å². The number of nitrogens with one attached hydrogen (secondary N) is 2. The Morgan fingerprint density at radius 1 is 1.21 bits per heavy atom. The number of allylic oxidation sites excluding steroid dienone is 1. The molecule has 1 aliphatic heterocycles. The van der Waals surface area contributed by atoms with Crippen LogP contribution in [-0.4, -0.2) is 45.3 Å². The van der Waals surface area contributed by atoms with E-state index in [9.17, 15) is 9.59 Å². The Morgan fingerprint density at radius 3 is 2.75 bits per heavy atom. The molecule has 1 saturated heterocycles. The molecule has 1 aromatic carbocycles. The van der Waals surface area contributed by atoms with Gasteiger partial charge in [0, 0.05) is 31.3 Å². The summed E-state index contributed by atoms with van der Waals surface area (Å²) in [7, 11) is 3.13. The monoisotopic (exact) mass is 387 g/mol. The summed E-state index contributed by atoms with van der Waals surface area (Å²) in [4.78, 5) is 26.2. The third-order valence-corrected chi connectivity index (χ3v) is 5.26. The van der Waals surface area contributed by atoms with Crippen LogP contribution in [-0.2, 0) is 4.79 Å². The van der Waals surface area contributed by atoms with Gasteiger partial charge in [-0.3, -0.25) is 4.79 Å². The van der Waals surface area contributed by atoms with Crippen LogP contribution >= 0.6 is 0 Å². The highest BCUT2D eigenvalue weighted by Crippen LogP contribution is 2.33. The lowest BCUT2D eigenvalue weighted by atomic mass is 9.97. The van der Waals surface area contributed by atoms with Crippen molar-refractivity contribution in [2.75, 3.05) is 32.2 Å². The number of anilines is 1. The molecule has 0 spiro atoms. The predicted molar refractivity (Wildman–Crippen MR) is 108 cm³/mol. The SMILES string of the molecule is COc1ccc(N2C[C@@H](NC(=O)NCCC3=CCCCC3)CC2=O)cc1OC. The first-order valence-electron chi connectivity index (χ1n) is 9.85. The molecule has 1 fully saturated rings. The molecule has 1 aliphatic carbocycles. The summed E-state index contributed by atoms with van der Waals surface area (Å²) in [6.07, 6.45) is 8.28. The fourth-order valence-electron chi connectivity index (χ4n) is 3.75. The molecule has 152 valence electrons. The van der Waals surface area contributed by atoms with E-state index in [2.05, 4.69) is 16.7 Å². The quantitative estimate of drug-likeness (QED) is 0.705. The Morgan fingerprint density at radius 2 is 2.04 bits per heavy atom. The maximum Gasteiger partial charge on any atom is 0.315 e. The van der Waals surface area contributed by atoms with Crippen LogP contribution in [0.15, 0.2) is 29.8 Å². The van der Waals surface area contributed by atoms with Gasteiger partial charge in [-0.25, -0.2) is 4.79 Å². The highest BCUT2D eigenvalue weighted by molar-refractivity contribution is 5.97. The fourth-order valence-corrected chi connectivity index (χ4v) is 3.75. The summed E-state index contributed by atoms with van der Waals surface area (Å²) in [5.41, 5.74) is 2.17. The highest BCUT2D eigenvalue weighted by Gasteiger charge is 2.32. The van der Waals surface area contributed by atoms with Gasteiger partial charge < -0.3 is 25.0 Å². The number of rotatable bonds is 7. The number of ether oxygens (including phenoxy) is 2. The standard InChI is InChI=1S/C21H29N3O4/c1-27-18-9-8-17(13-19(18)28-2)24-14-16(12-20(24)25)23-21(26)22-11-10-15-6-4-3-5-7-15/h6,8-9,13,16H,3-5,7,10-12,14H2,1-2H3,(H2,22,23,26)/t16-/m0/s1. The number of carbonyl (C=O) groups excluding carboxylic acids is 2. The average Bonchev–Trinajstić information content (AvgIpc) is 3.08. The molecule has 7 nitrogen and oxygen atoms in total. The fraction of sp³-hybridized carbons (Fsp3) is 0.524. The molecule has 7 heteroatoms. The van der Waals surface area contributed by atoms with Crippen LogP contribution in [0.4, 0.5) is 10.5 Å². The molecule has 1 aromatic rings. The molecule has 0 radical (unpaired) electrons. The molecule has 1 atom stereocenters. The Balaban J connectivity index is 1.50. The number of benzene rings is 1. The lowest BCUT2D eigenvalue weighted by Crippen LogP contribution is -2.43. The van der Waals surface area contributed by atoms with Crippen molar-refractivity contribution in [2.24, 2.45) is 0 Å². The minimum atomic E-state index is -0.219. The molecule has 0 saturated carbocycles. The van der Waals surface area contributed by atoms with E-state index in [-0.39, 0.29) is 24.4 Å². The number of hydrogen-bond acceptors (Lipinski definition) is 4. The van der Waals surface area contributed by atoms with Gasteiger partial charge in [0.15, 0.2) is 11.5 Å². The third kappa shape index (κ3) is 4.97. The number of urea groups is 1. The van der Waals surface area contributed by atoms with E-state index < -0.39 is 0 Å². The predicted octanol–water partition coefficient (Wildman–Crippen LogP) is 3.00. The zero-order chi connectivity index (χ0) is 19.9. The first-order chi connectivity index (χ1) is 13.6. The van der Waals surface area contributed by atoms with E-state index in [4.69, 9.17) is 9.47 Å². The minimum Gasteiger partial charge on any atom is -0.493 e. The second kappa shape index (κ2) is 9.48. The van der Waals surface area contributed by atoms with E-state index in [1.807, 2.05) is 6.07 Å². The van der Waals surface area contributed by atoms with Crippen molar-refractivity contribution < 1.29 is 19.1 Å². The first-order valence-corrected chi connectivity index (χ1v) is 9.85. The van der Waals surface area contributed by atoms with Crippen LogP contribution in [0.25, 0.3) is 0 Å². The van der Waals surface area contributed by atoms with Gasteiger partial charge >= 0.3 is 6.03 Å². The zero-order valence-corrected chi connectivity index (χ0v) is 16.6. The third-order valence-electron chi connectivity index (χ3n) is 5.26. The summed E-state index contributed by atoms with van der Waals surface area (Å²) < 4.78 is 10.5. The van der Waals surface area contributed by atoms with E-state index in [0.717, 1.165) is 24.9 Å².